The van der Waals surface area contributed by atoms with Crippen molar-refractivity contribution in [2.45, 2.75) is 135 Å². The lowest BCUT2D eigenvalue weighted by atomic mass is 9.57. The van der Waals surface area contributed by atoms with Crippen LogP contribution in [0.4, 0.5) is 4.79 Å². The summed E-state index contributed by atoms with van der Waals surface area (Å²) in [6, 6.07) is 0.404. The molecule has 0 aromatic rings. The molecule has 8 unspecified atom stereocenters. The van der Waals surface area contributed by atoms with E-state index in [4.69, 9.17) is 16.2 Å². The molecule has 0 aromatic carbocycles. The van der Waals surface area contributed by atoms with Gasteiger partial charge in [0, 0.05) is 31.6 Å². The predicted octanol–water partition coefficient (Wildman–Crippen LogP) is 6.79. The molecular weight excluding hydrogens is 446 g/mol. The molecule has 3 fully saturated rings. The largest absolute Gasteiger partial charge is 0.446 e. The first kappa shape index (κ1) is 28.0. The summed E-state index contributed by atoms with van der Waals surface area (Å²) >= 11 is 0. The molecule has 0 spiro atoms. The molecule has 36 heavy (non-hydrogen) atoms. The van der Waals surface area contributed by atoms with Crippen molar-refractivity contribution in [3.05, 3.63) is 11.6 Å². The number of ether oxygens (including phenoxy) is 1. The smallest absolute Gasteiger partial charge is 0.410 e. The highest BCUT2D eigenvalue weighted by atomic mass is 16.6. The number of rotatable bonds is 12. The van der Waals surface area contributed by atoms with Crippen molar-refractivity contribution in [1.29, 1.82) is 0 Å². The van der Waals surface area contributed by atoms with Crippen molar-refractivity contribution >= 4 is 6.09 Å². The van der Waals surface area contributed by atoms with Gasteiger partial charge in [-0.15, -0.1) is 0 Å². The van der Waals surface area contributed by atoms with Crippen LogP contribution >= 0.6 is 0 Å². The van der Waals surface area contributed by atoms with Crippen molar-refractivity contribution in [1.82, 2.24) is 4.90 Å². The lowest BCUT2D eigenvalue weighted by Crippen LogP contribution is -2.42. The fourth-order valence-electron chi connectivity index (χ4n) is 8.12. The summed E-state index contributed by atoms with van der Waals surface area (Å²) in [4.78, 5) is 15.1. The molecule has 206 valence electrons. The molecule has 0 aliphatic heterocycles. The molecule has 0 heterocycles. The van der Waals surface area contributed by atoms with E-state index in [-0.39, 0.29) is 18.2 Å². The van der Waals surface area contributed by atoms with Crippen LogP contribution in [-0.4, -0.2) is 42.3 Å². The summed E-state index contributed by atoms with van der Waals surface area (Å²) in [6.07, 6.45) is 22.1. The van der Waals surface area contributed by atoms with Crippen LogP contribution in [0.15, 0.2) is 11.6 Å². The third-order valence-corrected chi connectivity index (χ3v) is 10.1. The fraction of sp³-hybridized carbons (Fsp3) is 0.903. The first-order valence-corrected chi connectivity index (χ1v) is 15.6. The molecule has 0 radical (unpaired) electrons. The Morgan fingerprint density at radius 1 is 0.889 bits per heavy atom. The molecule has 4 aliphatic rings. The van der Waals surface area contributed by atoms with E-state index in [9.17, 15) is 4.79 Å². The first-order valence-electron chi connectivity index (χ1n) is 15.6. The minimum Gasteiger partial charge on any atom is -0.446 e. The highest BCUT2D eigenvalue weighted by Gasteiger charge is 2.47. The van der Waals surface area contributed by atoms with Gasteiger partial charge in [0.1, 0.15) is 6.10 Å². The van der Waals surface area contributed by atoms with E-state index in [1.165, 1.54) is 64.2 Å². The van der Waals surface area contributed by atoms with E-state index < -0.39 is 0 Å². The average molecular weight is 502 g/mol. The van der Waals surface area contributed by atoms with Crippen LogP contribution < -0.4 is 11.5 Å². The van der Waals surface area contributed by atoms with Gasteiger partial charge in [0.05, 0.1) is 0 Å². The zero-order chi connectivity index (χ0) is 25.5. The number of hydrogen-bond acceptors (Lipinski definition) is 4. The third-order valence-electron chi connectivity index (χ3n) is 10.1. The van der Waals surface area contributed by atoms with Crippen LogP contribution in [-0.2, 0) is 4.74 Å². The van der Waals surface area contributed by atoms with Gasteiger partial charge in [-0.1, -0.05) is 50.2 Å². The Kier molecular flexibility index (Phi) is 10.6. The van der Waals surface area contributed by atoms with Gasteiger partial charge in [0.15, 0.2) is 0 Å². The summed E-state index contributed by atoms with van der Waals surface area (Å²) in [6.45, 7) is 5.58. The van der Waals surface area contributed by atoms with Crippen molar-refractivity contribution in [3.8, 4) is 0 Å². The molecule has 4 N–H and O–H groups in total. The standard InChI is InChI=1S/C31H55N3O2/c1-22(32)9-6-4-3-5-7-19-34(20-18-23(2)33)31(35)36-26-14-17-28-25(21-26)13-16-29-27-11-8-10-24(27)12-15-30(28)29/h13,22-24,26-30H,3-12,14-21,32-33H2,1-2H3. The van der Waals surface area contributed by atoms with E-state index in [1.807, 2.05) is 11.8 Å². The Bertz CT molecular complexity index is 721. The number of carbonyl (C=O) groups is 1. The molecule has 1 amide bonds. The van der Waals surface area contributed by atoms with Crippen molar-refractivity contribution in [3.63, 3.8) is 0 Å². The maximum atomic E-state index is 13.2. The van der Waals surface area contributed by atoms with Crippen LogP contribution in [0.1, 0.15) is 117 Å². The number of carbonyl (C=O) groups excluding carboxylic acids is 1. The summed E-state index contributed by atoms with van der Waals surface area (Å²) < 4.78 is 6.15. The molecular formula is C31H55N3O2. The van der Waals surface area contributed by atoms with E-state index in [0.717, 1.165) is 74.7 Å². The van der Waals surface area contributed by atoms with Crippen LogP contribution in [0.5, 0.6) is 0 Å². The third kappa shape index (κ3) is 7.49. The van der Waals surface area contributed by atoms with Gasteiger partial charge in [-0.2, -0.15) is 0 Å². The molecule has 0 aromatic heterocycles. The lowest BCUT2D eigenvalue weighted by molar-refractivity contribution is 0.0223. The van der Waals surface area contributed by atoms with Gasteiger partial charge in [-0.3, -0.25) is 0 Å². The summed E-state index contributed by atoms with van der Waals surface area (Å²) in [7, 11) is 0. The second-order valence-corrected chi connectivity index (χ2v) is 13.0. The van der Waals surface area contributed by atoms with Crippen molar-refractivity contribution in [2.75, 3.05) is 13.1 Å². The highest BCUT2D eigenvalue weighted by molar-refractivity contribution is 5.67. The summed E-state index contributed by atoms with van der Waals surface area (Å²) in [5, 5.41) is 0. The Labute approximate surface area is 221 Å². The Hall–Kier alpha value is -1.07. The van der Waals surface area contributed by atoms with Gasteiger partial charge in [-0.05, 0) is 101 Å². The van der Waals surface area contributed by atoms with E-state index >= 15 is 0 Å². The molecule has 8 atom stereocenters. The minimum absolute atomic E-state index is 0.0513. The predicted molar refractivity (Wildman–Crippen MR) is 149 cm³/mol. The number of allylic oxidation sites excluding steroid dienone is 1. The Morgan fingerprint density at radius 3 is 2.47 bits per heavy atom. The minimum atomic E-state index is -0.114. The number of fused-ring (bicyclic) bond motifs is 5. The molecule has 5 heteroatoms. The van der Waals surface area contributed by atoms with Crippen LogP contribution in [0.3, 0.4) is 0 Å². The number of unbranched alkanes of at least 4 members (excludes halogenated alkanes) is 4. The summed E-state index contributed by atoms with van der Waals surface area (Å²) in [5.41, 5.74) is 13.5. The molecule has 0 saturated heterocycles. The zero-order valence-electron chi connectivity index (χ0n) is 23.3. The van der Waals surface area contributed by atoms with Gasteiger partial charge < -0.3 is 21.1 Å². The van der Waals surface area contributed by atoms with Crippen molar-refractivity contribution in [2.24, 2.45) is 41.1 Å². The molecule has 4 aliphatic carbocycles. The lowest BCUT2D eigenvalue weighted by Gasteiger charge is -2.49. The van der Waals surface area contributed by atoms with E-state index in [1.54, 1.807) is 5.57 Å². The zero-order valence-corrected chi connectivity index (χ0v) is 23.3. The number of hydrogen-bond donors (Lipinski definition) is 2. The van der Waals surface area contributed by atoms with Crippen LogP contribution in [0, 0.1) is 29.6 Å². The topological polar surface area (TPSA) is 81.6 Å². The maximum Gasteiger partial charge on any atom is 0.410 e. The summed E-state index contributed by atoms with van der Waals surface area (Å²) in [5.74, 6) is 4.62. The van der Waals surface area contributed by atoms with Gasteiger partial charge in [-0.25, -0.2) is 4.79 Å². The van der Waals surface area contributed by atoms with Gasteiger partial charge in [0.2, 0.25) is 0 Å². The monoisotopic (exact) mass is 501 g/mol. The SMILES string of the molecule is CC(N)CCCCCCCN(CCC(C)N)C(=O)OC1CCC2C(=CCC3C4CCCC4CCC23)C1. The fourth-order valence-corrected chi connectivity index (χ4v) is 8.12. The first-order chi connectivity index (χ1) is 17.4. The Morgan fingerprint density at radius 2 is 1.67 bits per heavy atom. The van der Waals surface area contributed by atoms with Crippen LogP contribution in [0.25, 0.3) is 0 Å². The number of amides is 1. The quantitative estimate of drug-likeness (QED) is 0.228. The van der Waals surface area contributed by atoms with Crippen LogP contribution in [0.2, 0.25) is 0 Å². The molecule has 4 rings (SSSR count). The second kappa shape index (κ2) is 13.6. The normalized spacial score (nSPS) is 33.1. The van der Waals surface area contributed by atoms with E-state index in [0.29, 0.717) is 12.6 Å². The number of nitrogens with zero attached hydrogens (tertiary/aromatic N) is 1. The second-order valence-electron chi connectivity index (χ2n) is 13.0. The van der Waals surface area contributed by atoms with E-state index in [2.05, 4.69) is 13.0 Å². The van der Waals surface area contributed by atoms with Gasteiger partial charge in [0.25, 0.3) is 0 Å². The highest BCUT2D eigenvalue weighted by Crippen LogP contribution is 2.56. The Balaban J connectivity index is 1.24. The number of nitrogens with two attached hydrogens (primary N) is 2. The maximum absolute atomic E-state index is 13.2. The van der Waals surface area contributed by atoms with Gasteiger partial charge >= 0.3 is 6.09 Å². The van der Waals surface area contributed by atoms with Crippen molar-refractivity contribution < 1.29 is 9.53 Å². The average Bonchev–Trinajstić information content (AvgIpc) is 3.33. The molecule has 3 saturated carbocycles. The molecule has 5 nitrogen and oxygen atoms in total. The molecule has 0 bridgehead atoms.